The molecule has 0 spiro atoms. The van der Waals surface area contributed by atoms with Crippen LogP contribution in [0.2, 0.25) is 0 Å². The highest BCUT2D eigenvalue weighted by Gasteiger charge is 2.27. The molecule has 1 aliphatic rings. The van der Waals surface area contributed by atoms with Crippen LogP contribution in [-0.4, -0.2) is 67.2 Å². The number of aromatic nitrogens is 1. The van der Waals surface area contributed by atoms with E-state index < -0.39 is 0 Å². The molecule has 4 rings (SSSR count). The minimum Gasteiger partial charge on any atom is -0.497 e. The molecule has 1 aromatic heterocycles. The van der Waals surface area contributed by atoms with Crippen molar-refractivity contribution in [3.8, 4) is 22.8 Å². The van der Waals surface area contributed by atoms with Crippen LogP contribution < -0.4 is 9.47 Å². The molecule has 0 saturated carbocycles. The van der Waals surface area contributed by atoms with E-state index in [2.05, 4.69) is 5.16 Å². The van der Waals surface area contributed by atoms with Gasteiger partial charge in [-0.25, -0.2) is 0 Å². The van der Waals surface area contributed by atoms with E-state index in [1.807, 2.05) is 30.3 Å². The van der Waals surface area contributed by atoms with Gasteiger partial charge in [0.05, 0.1) is 14.2 Å². The molecule has 31 heavy (non-hydrogen) atoms. The first-order valence-corrected chi connectivity index (χ1v) is 9.93. The summed E-state index contributed by atoms with van der Waals surface area (Å²) in [6.45, 7) is 1.68. The predicted octanol–water partition coefficient (Wildman–Crippen LogP) is 2.96. The van der Waals surface area contributed by atoms with Crippen LogP contribution in [0, 0.1) is 0 Å². The van der Waals surface area contributed by atoms with Crippen molar-refractivity contribution in [3.05, 3.63) is 65.9 Å². The third-order valence-corrected chi connectivity index (χ3v) is 5.24. The van der Waals surface area contributed by atoms with Crippen LogP contribution in [-0.2, 0) is 0 Å². The highest BCUT2D eigenvalue weighted by atomic mass is 16.5. The normalized spacial score (nSPS) is 13.7. The van der Waals surface area contributed by atoms with Crippen LogP contribution in [0.15, 0.2) is 59.1 Å². The van der Waals surface area contributed by atoms with Gasteiger partial charge in [-0.2, -0.15) is 0 Å². The molecular weight excluding hydrogens is 398 g/mol. The Kier molecular flexibility index (Phi) is 5.88. The second-order valence-electron chi connectivity index (χ2n) is 7.13. The maximum absolute atomic E-state index is 12.9. The number of carbonyl (C=O) groups excluding carboxylic acids is 2. The van der Waals surface area contributed by atoms with Gasteiger partial charge in [0.25, 0.3) is 11.8 Å². The molecule has 2 heterocycles. The van der Waals surface area contributed by atoms with Crippen molar-refractivity contribution in [3.63, 3.8) is 0 Å². The summed E-state index contributed by atoms with van der Waals surface area (Å²) in [6, 6.07) is 16.2. The molecule has 0 radical (unpaired) electrons. The van der Waals surface area contributed by atoms with Gasteiger partial charge in [-0.05, 0) is 12.1 Å². The summed E-state index contributed by atoms with van der Waals surface area (Å²) in [5.74, 6) is 1.32. The number of benzene rings is 2. The van der Waals surface area contributed by atoms with Gasteiger partial charge in [0, 0.05) is 49.4 Å². The molecule has 0 N–H and O–H groups in total. The van der Waals surface area contributed by atoms with Gasteiger partial charge in [0.1, 0.15) is 11.5 Å². The minimum atomic E-state index is -0.207. The SMILES string of the molecule is COc1cc(OC)cc(C(=O)N2CCN(C(=O)c3cc(-c4ccccc4)on3)CC2)c1. The Bertz CT molecular complexity index is 1050. The van der Waals surface area contributed by atoms with Crippen molar-refractivity contribution >= 4 is 11.8 Å². The molecule has 1 saturated heterocycles. The Morgan fingerprint density at radius 1 is 0.839 bits per heavy atom. The zero-order chi connectivity index (χ0) is 21.8. The van der Waals surface area contributed by atoms with Crippen LogP contribution in [0.25, 0.3) is 11.3 Å². The lowest BCUT2D eigenvalue weighted by atomic mass is 10.1. The molecule has 0 unspecified atom stereocenters. The molecule has 1 fully saturated rings. The van der Waals surface area contributed by atoms with Crippen LogP contribution in [0.5, 0.6) is 11.5 Å². The molecule has 0 atom stereocenters. The Morgan fingerprint density at radius 2 is 1.42 bits per heavy atom. The fraction of sp³-hybridized carbons (Fsp3) is 0.261. The van der Waals surface area contributed by atoms with Crippen LogP contribution in [0.3, 0.4) is 0 Å². The van der Waals surface area contributed by atoms with Crippen LogP contribution >= 0.6 is 0 Å². The zero-order valence-electron chi connectivity index (χ0n) is 17.4. The van der Waals surface area contributed by atoms with Gasteiger partial charge in [-0.1, -0.05) is 35.5 Å². The molecule has 2 amide bonds. The number of rotatable bonds is 5. The topological polar surface area (TPSA) is 85.1 Å². The molecule has 8 heteroatoms. The Morgan fingerprint density at radius 3 is 2.00 bits per heavy atom. The van der Waals surface area contributed by atoms with Gasteiger partial charge in [0.2, 0.25) is 0 Å². The van der Waals surface area contributed by atoms with Crippen molar-refractivity contribution < 1.29 is 23.6 Å². The largest absolute Gasteiger partial charge is 0.497 e. The monoisotopic (exact) mass is 421 g/mol. The van der Waals surface area contributed by atoms with Crippen molar-refractivity contribution in [2.75, 3.05) is 40.4 Å². The summed E-state index contributed by atoms with van der Waals surface area (Å²) in [5.41, 5.74) is 1.61. The quantitative estimate of drug-likeness (QED) is 0.630. The first-order valence-electron chi connectivity index (χ1n) is 9.93. The number of piperazine rings is 1. The molecular formula is C23H23N3O5. The third kappa shape index (κ3) is 4.37. The van der Waals surface area contributed by atoms with Crippen LogP contribution in [0.4, 0.5) is 0 Å². The lowest BCUT2D eigenvalue weighted by molar-refractivity contribution is 0.0529. The summed E-state index contributed by atoms with van der Waals surface area (Å²) in [6.07, 6.45) is 0. The van der Waals surface area contributed by atoms with Gasteiger partial charge in [0.15, 0.2) is 11.5 Å². The second kappa shape index (κ2) is 8.91. The van der Waals surface area contributed by atoms with E-state index in [0.717, 1.165) is 5.56 Å². The lowest BCUT2D eigenvalue weighted by Crippen LogP contribution is -2.50. The summed E-state index contributed by atoms with van der Waals surface area (Å²) in [7, 11) is 3.08. The Balaban J connectivity index is 1.40. The molecule has 160 valence electrons. The number of hydrogen-bond acceptors (Lipinski definition) is 6. The average molecular weight is 421 g/mol. The number of ether oxygens (including phenoxy) is 2. The first-order chi connectivity index (χ1) is 15.1. The van der Waals surface area contributed by atoms with E-state index in [9.17, 15) is 9.59 Å². The molecule has 0 aliphatic carbocycles. The number of carbonyl (C=O) groups is 2. The summed E-state index contributed by atoms with van der Waals surface area (Å²) >= 11 is 0. The van der Waals surface area contributed by atoms with Gasteiger partial charge < -0.3 is 23.8 Å². The maximum Gasteiger partial charge on any atom is 0.276 e. The van der Waals surface area contributed by atoms with Crippen molar-refractivity contribution in [1.82, 2.24) is 15.0 Å². The van der Waals surface area contributed by atoms with Crippen molar-refractivity contribution in [2.24, 2.45) is 0 Å². The van der Waals surface area contributed by atoms with Crippen molar-refractivity contribution in [2.45, 2.75) is 0 Å². The molecule has 2 aromatic carbocycles. The smallest absolute Gasteiger partial charge is 0.276 e. The van der Waals surface area contributed by atoms with E-state index in [-0.39, 0.29) is 17.5 Å². The molecule has 1 aliphatic heterocycles. The first kappa shape index (κ1) is 20.5. The van der Waals surface area contributed by atoms with E-state index in [0.29, 0.717) is 49.0 Å². The van der Waals surface area contributed by atoms with Gasteiger partial charge in [-0.15, -0.1) is 0 Å². The minimum absolute atomic E-state index is 0.128. The zero-order valence-corrected chi connectivity index (χ0v) is 17.4. The standard InChI is InChI=1S/C23H23N3O5/c1-29-18-12-17(13-19(14-18)30-2)22(27)25-8-10-26(11-9-25)23(28)20-15-21(31-24-20)16-6-4-3-5-7-16/h3-7,12-15H,8-11H2,1-2H3. The van der Waals surface area contributed by atoms with Crippen LogP contribution in [0.1, 0.15) is 20.8 Å². The summed E-state index contributed by atoms with van der Waals surface area (Å²) in [4.78, 5) is 29.2. The highest BCUT2D eigenvalue weighted by Crippen LogP contribution is 2.24. The van der Waals surface area contributed by atoms with Gasteiger partial charge in [-0.3, -0.25) is 9.59 Å². The number of amides is 2. The average Bonchev–Trinajstić information content (AvgIpc) is 3.34. The fourth-order valence-electron chi connectivity index (χ4n) is 3.50. The highest BCUT2D eigenvalue weighted by molar-refractivity contribution is 5.96. The number of methoxy groups -OCH3 is 2. The second-order valence-corrected chi connectivity index (χ2v) is 7.13. The van der Waals surface area contributed by atoms with E-state index in [1.165, 1.54) is 0 Å². The van der Waals surface area contributed by atoms with E-state index in [4.69, 9.17) is 14.0 Å². The van der Waals surface area contributed by atoms with E-state index in [1.54, 1.807) is 48.3 Å². The lowest BCUT2D eigenvalue weighted by Gasteiger charge is -2.34. The number of hydrogen-bond donors (Lipinski definition) is 0. The maximum atomic E-state index is 12.9. The summed E-state index contributed by atoms with van der Waals surface area (Å²) < 4.78 is 15.8. The van der Waals surface area contributed by atoms with Gasteiger partial charge >= 0.3 is 0 Å². The number of nitrogens with zero attached hydrogens (tertiary/aromatic N) is 3. The summed E-state index contributed by atoms with van der Waals surface area (Å²) in [5, 5.41) is 3.93. The molecule has 8 nitrogen and oxygen atoms in total. The Labute approximate surface area is 179 Å². The Hall–Kier alpha value is -3.81. The molecule has 0 bridgehead atoms. The third-order valence-electron chi connectivity index (χ3n) is 5.24. The fourth-order valence-corrected chi connectivity index (χ4v) is 3.50. The molecule has 3 aromatic rings. The predicted molar refractivity (Wildman–Crippen MR) is 113 cm³/mol. The van der Waals surface area contributed by atoms with E-state index >= 15 is 0 Å². The van der Waals surface area contributed by atoms with Crippen molar-refractivity contribution in [1.29, 1.82) is 0 Å².